The van der Waals surface area contributed by atoms with Crippen molar-refractivity contribution in [3.63, 3.8) is 0 Å². The summed E-state index contributed by atoms with van der Waals surface area (Å²) in [6, 6.07) is 7.81. The number of hydrogen-bond acceptors (Lipinski definition) is 10. The summed E-state index contributed by atoms with van der Waals surface area (Å²) < 4.78 is 18.8. The quantitative estimate of drug-likeness (QED) is 0.344. The molecule has 4 heterocycles. The van der Waals surface area contributed by atoms with Crippen LogP contribution in [0.1, 0.15) is 37.5 Å². The zero-order valence-corrected chi connectivity index (χ0v) is 23.3. The molecule has 0 bridgehead atoms. The fourth-order valence-corrected chi connectivity index (χ4v) is 5.73. The van der Waals surface area contributed by atoms with E-state index in [-0.39, 0.29) is 17.3 Å². The number of urea groups is 1. The van der Waals surface area contributed by atoms with Gasteiger partial charge in [0.05, 0.1) is 0 Å². The molecular weight excluding hydrogens is 558 g/mol. The van der Waals surface area contributed by atoms with Crippen molar-refractivity contribution in [2.75, 3.05) is 29.5 Å². The number of carboxylic acid groups (broad SMARTS) is 1. The number of nitrogens with two attached hydrogens (primary N) is 1. The molecule has 3 fully saturated rings. The Kier molecular flexibility index (Phi) is 7.85. The van der Waals surface area contributed by atoms with E-state index in [1.54, 1.807) is 18.0 Å². The lowest BCUT2D eigenvalue weighted by atomic mass is 10.1. The minimum absolute atomic E-state index is 0.0662. The number of carbonyl (C=O) groups is 3. The van der Waals surface area contributed by atoms with Gasteiger partial charge in [0, 0.05) is 37.3 Å². The van der Waals surface area contributed by atoms with Crippen molar-refractivity contribution in [2.45, 2.75) is 62.6 Å². The molecular formula is C29H31N7O7. The molecule has 6 rings (SSSR count). The molecule has 14 heteroatoms. The predicted molar refractivity (Wildman–Crippen MR) is 152 cm³/mol. The van der Waals surface area contributed by atoms with Crippen molar-refractivity contribution in [2.24, 2.45) is 0 Å². The minimum atomic E-state index is -1.13. The maximum atomic E-state index is 13.7. The summed E-state index contributed by atoms with van der Waals surface area (Å²) in [4.78, 5) is 49.6. The highest BCUT2D eigenvalue weighted by Gasteiger charge is 2.58. The average molecular weight is 590 g/mol. The number of amides is 3. The number of nitrogen functional groups attached to an aromatic ring is 1. The fraction of sp³-hybridized carbons (Fsp3) is 0.414. The molecule has 6 atom stereocenters. The number of benzene rings is 1. The largest absolute Gasteiger partial charge is 0.480 e. The summed E-state index contributed by atoms with van der Waals surface area (Å²) in [6.45, 7) is 0.302. The second-order valence-electron chi connectivity index (χ2n) is 10.6. The van der Waals surface area contributed by atoms with Gasteiger partial charge in [-0.3, -0.25) is 10.1 Å². The van der Waals surface area contributed by atoms with Crippen LogP contribution < -0.4 is 21.3 Å². The second-order valence-corrected chi connectivity index (χ2v) is 10.6. The summed E-state index contributed by atoms with van der Waals surface area (Å²) in [5, 5.41) is 15.1. The van der Waals surface area contributed by atoms with Gasteiger partial charge in [-0.1, -0.05) is 42.2 Å². The number of likely N-dealkylation sites (tertiary alicyclic amines) is 1. The Bertz CT molecular complexity index is 1510. The van der Waals surface area contributed by atoms with E-state index in [2.05, 4.69) is 32.4 Å². The first-order valence-corrected chi connectivity index (χ1v) is 13.9. The third kappa shape index (κ3) is 5.57. The molecule has 0 radical (unpaired) electrons. The smallest absolute Gasteiger partial charge is 0.326 e. The van der Waals surface area contributed by atoms with Gasteiger partial charge in [0.1, 0.15) is 30.3 Å². The number of nitrogens with zero attached hydrogens (tertiary/aromatic N) is 4. The molecule has 1 aromatic heterocycles. The van der Waals surface area contributed by atoms with Gasteiger partial charge in [-0.25, -0.2) is 19.6 Å². The Morgan fingerprint density at radius 2 is 1.91 bits per heavy atom. The van der Waals surface area contributed by atoms with E-state index in [0.717, 1.165) is 5.56 Å². The molecule has 0 saturated carbocycles. The highest BCUT2D eigenvalue weighted by atomic mass is 16.8. The zero-order chi connectivity index (χ0) is 30.1. The van der Waals surface area contributed by atoms with Crippen molar-refractivity contribution in [1.29, 1.82) is 0 Å². The number of allylic oxidation sites excluding steroid dienone is 2. The van der Waals surface area contributed by atoms with E-state index in [9.17, 15) is 19.5 Å². The van der Waals surface area contributed by atoms with Crippen LogP contribution >= 0.6 is 0 Å². The van der Waals surface area contributed by atoms with Crippen molar-refractivity contribution in [3.05, 3.63) is 54.0 Å². The molecule has 3 amide bonds. The van der Waals surface area contributed by atoms with Crippen LogP contribution in [0.3, 0.4) is 0 Å². The number of hydrogen-bond donors (Lipinski definition) is 4. The number of carbonyl (C=O) groups excluding carboxylic acids is 2. The first kappa shape index (κ1) is 28.4. The summed E-state index contributed by atoms with van der Waals surface area (Å²) >= 11 is 0. The van der Waals surface area contributed by atoms with Crippen LogP contribution in [0.25, 0.3) is 0 Å². The van der Waals surface area contributed by atoms with E-state index in [1.807, 2.05) is 30.3 Å². The third-order valence-corrected chi connectivity index (χ3v) is 7.84. The van der Waals surface area contributed by atoms with Crippen LogP contribution in [-0.2, 0) is 23.8 Å². The van der Waals surface area contributed by atoms with Crippen LogP contribution in [0.5, 0.6) is 0 Å². The Hall–Kier alpha value is -4.71. The van der Waals surface area contributed by atoms with Crippen LogP contribution in [0.2, 0.25) is 0 Å². The number of rotatable bonds is 7. The molecule has 1 aliphatic carbocycles. The van der Waals surface area contributed by atoms with Crippen molar-refractivity contribution >= 4 is 35.2 Å². The van der Waals surface area contributed by atoms with E-state index in [1.165, 1.54) is 11.2 Å². The Labute approximate surface area is 247 Å². The van der Waals surface area contributed by atoms with Crippen LogP contribution in [0, 0.1) is 11.8 Å². The lowest BCUT2D eigenvalue weighted by Crippen LogP contribution is -2.49. The number of ether oxygens (including phenoxy) is 3. The first-order valence-electron chi connectivity index (χ1n) is 13.9. The topological polar surface area (TPSA) is 181 Å². The van der Waals surface area contributed by atoms with Crippen LogP contribution in [0.15, 0.2) is 48.4 Å². The Morgan fingerprint density at radius 1 is 1.12 bits per heavy atom. The SMILES string of the molecule is CN(c1ncnc(NC(=O)NC2=CC#CCC2)c1N)C1OC(C(=O)N2CCCC2C(=O)O)C2OC(c3ccccc3)OC21. The molecule has 5 N–H and O–H groups in total. The molecule has 224 valence electrons. The Morgan fingerprint density at radius 3 is 2.65 bits per heavy atom. The maximum Gasteiger partial charge on any atom is 0.326 e. The van der Waals surface area contributed by atoms with Crippen molar-refractivity contribution in [1.82, 2.24) is 20.2 Å². The number of aromatic nitrogens is 2. The van der Waals surface area contributed by atoms with Gasteiger partial charge >= 0.3 is 12.0 Å². The van der Waals surface area contributed by atoms with Crippen molar-refractivity contribution in [3.8, 4) is 11.8 Å². The van der Waals surface area contributed by atoms with Crippen molar-refractivity contribution < 1.29 is 33.7 Å². The number of likely N-dealkylation sites (N-methyl/N-ethyl adjacent to an activating group) is 1. The van der Waals surface area contributed by atoms with Gasteiger partial charge in [0.15, 0.2) is 30.3 Å². The van der Waals surface area contributed by atoms with Gasteiger partial charge < -0.3 is 40.2 Å². The average Bonchev–Trinajstić information content (AvgIpc) is 3.75. The molecule has 0 spiro atoms. The molecule has 43 heavy (non-hydrogen) atoms. The molecule has 2 aromatic rings. The molecule has 3 aliphatic heterocycles. The zero-order valence-electron chi connectivity index (χ0n) is 23.3. The van der Waals surface area contributed by atoms with E-state index >= 15 is 0 Å². The number of fused-ring (bicyclic) bond motifs is 1. The standard InChI is InChI=1S/C29H31N7O7/c1-35(24-19(30)23(31-15-32-24)34-29(40)33-17-11-6-3-7-12-17)26-22-20(42-28(43-22)16-9-4-2-5-10-16)21(41-26)25(37)36-14-8-13-18(36)27(38)39/h2,4-5,9-10,12,15,18,20-22,26,28H,6,8,11,13-14,30H2,1H3,(H,38,39)(H2,31,32,33,34,40). The fourth-order valence-electron chi connectivity index (χ4n) is 5.73. The normalized spacial score (nSPS) is 27.5. The molecule has 3 saturated heterocycles. The van der Waals surface area contributed by atoms with Gasteiger partial charge in [0.25, 0.3) is 5.91 Å². The lowest BCUT2D eigenvalue weighted by Gasteiger charge is -2.30. The summed E-state index contributed by atoms with van der Waals surface area (Å²) in [5.74, 6) is 4.52. The summed E-state index contributed by atoms with van der Waals surface area (Å²) in [5.41, 5.74) is 7.92. The predicted octanol–water partition coefficient (Wildman–Crippen LogP) is 1.58. The van der Waals surface area contributed by atoms with Gasteiger partial charge in [-0.15, -0.1) is 0 Å². The van der Waals surface area contributed by atoms with Crippen LogP contribution in [-0.4, -0.2) is 82.1 Å². The molecule has 6 unspecified atom stereocenters. The van der Waals surface area contributed by atoms with Crippen LogP contribution in [0.4, 0.5) is 22.1 Å². The van der Waals surface area contributed by atoms with Gasteiger partial charge in [-0.2, -0.15) is 0 Å². The van der Waals surface area contributed by atoms with E-state index in [0.29, 0.717) is 37.9 Å². The number of nitrogens with one attached hydrogen (secondary N) is 2. The highest BCUT2D eigenvalue weighted by Crippen LogP contribution is 2.43. The van der Waals surface area contributed by atoms with E-state index in [4.69, 9.17) is 19.9 Å². The summed E-state index contributed by atoms with van der Waals surface area (Å²) in [7, 11) is 1.66. The maximum absolute atomic E-state index is 13.7. The van der Waals surface area contributed by atoms with Gasteiger partial charge in [-0.05, 0) is 19.3 Å². The molecule has 4 aliphatic rings. The van der Waals surface area contributed by atoms with Gasteiger partial charge in [0.2, 0.25) is 0 Å². The summed E-state index contributed by atoms with van der Waals surface area (Å²) in [6.07, 6.45) is 0.685. The number of carboxylic acids is 1. The molecule has 14 nitrogen and oxygen atoms in total. The Balaban J connectivity index is 1.25. The minimum Gasteiger partial charge on any atom is -0.480 e. The third-order valence-electron chi connectivity index (χ3n) is 7.84. The van der Waals surface area contributed by atoms with E-state index < -0.39 is 54.8 Å². The number of anilines is 3. The lowest BCUT2D eigenvalue weighted by molar-refractivity contribution is -0.165. The number of aliphatic carboxylic acids is 1. The monoisotopic (exact) mass is 589 g/mol. The molecule has 1 aromatic carbocycles. The first-order chi connectivity index (χ1) is 20.8. The second kappa shape index (κ2) is 11.9. The highest BCUT2D eigenvalue weighted by molar-refractivity contribution is 5.94.